The van der Waals surface area contributed by atoms with E-state index in [0.29, 0.717) is 10.8 Å². The van der Waals surface area contributed by atoms with Gasteiger partial charge in [0, 0.05) is 4.47 Å². The van der Waals surface area contributed by atoms with Crippen molar-refractivity contribution in [3.8, 4) is 0 Å². The smallest absolute Gasteiger partial charge is 0.420 e. The van der Waals surface area contributed by atoms with Gasteiger partial charge in [-0.1, -0.05) is 15.9 Å². The maximum absolute atomic E-state index is 13.4. The molecule has 1 amide bonds. The molecular weight excluding hydrogens is 393 g/mol. The average molecular weight is 410 g/mol. The molecule has 0 fully saturated rings. The van der Waals surface area contributed by atoms with Crippen molar-refractivity contribution < 1.29 is 18.7 Å². The van der Waals surface area contributed by atoms with Crippen LogP contribution in [0.1, 0.15) is 31.1 Å². The molecule has 132 valence electrons. The molecule has 25 heavy (non-hydrogen) atoms. The van der Waals surface area contributed by atoms with Crippen molar-refractivity contribution in [3.05, 3.63) is 46.3 Å². The minimum absolute atomic E-state index is 0.0697. The second-order valence-corrected chi connectivity index (χ2v) is 7.12. The number of anilines is 3. The van der Waals surface area contributed by atoms with Crippen LogP contribution >= 0.6 is 15.9 Å². The minimum Gasteiger partial charge on any atom is -0.443 e. The number of hydrogen-bond donors (Lipinski definition) is 1. The van der Waals surface area contributed by atoms with E-state index in [2.05, 4.69) is 20.9 Å². The van der Waals surface area contributed by atoms with Gasteiger partial charge in [0.1, 0.15) is 11.4 Å². The Balaban J connectivity index is 2.64. The van der Waals surface area contributed by atoms with Crippen molar-refractivity contribution >= 4 is 45.5 Å². The van der Waals surface area contributed by atoms with E-state index in [1.807, 2.05) is 0 Å². The van der Waals surface area contributed by atoms with Crippen molar-refractivity contribution in [2.75, 3.05) is 10.6 Å². The van der Waals surface area contributed by atoms with Gasteiger partial charge in [-0.15, -0.1) is 0 Å². The highest BCUT2D eigenvalue weighted by molar-refractivity contribution is 9.10. The predicted octanol–water partition coefficient (Wildman–Crippen LogP) is 4.45. The summed E-state index contributed by atoms with van der Waals surface area (Å²) in [4.78, 5) is 29.0. The Kier molecular flexibility index (Phi) is 5.42. The van der Waals surface area contributed by atoms with Gasteiger partial charge in [0.2, 0.25) is 0 Å². The van der Waals surface area contributed by atoms with Crippen molar-refractivity contribution in [1.82, 2.24) is 4.98 Å². The van der Waals surface area contributed by atoms with Crippen LogP contribution in [0.25, 0.3) is 0 Å². The molecule has 0 aliphatic carbocycles. The van der Waals surface area contributed by atoms with Crippen LogP contribution < -0.4 is 10.6 Å². The third-order valence-electron chi connectivity index (χ3n) is 3.01. The van der Waals surface area contributed by atoms with E-state index in [-0.39, 0.29) is 22.8 Å². The lowest BCUT2D eigenvalue weighted by atomic mass is 10.2. The first-order valence-electron chi connectivity index (χ1n) is 7.31. The Morgan fingerprint density at radius 2 is 2.04 bits per heavy atom. The number of nitrogens with two attached hydrogens (primary N) is 1. The Bertz CT molecular complexity index is 821. The number of rotatable bonds is 3. The lowest BCUT2D eigenvalue weighted by Crippen LogP contribution is -2.35. The Morgan fingerprint density at radius 1 is 1.36 bits per heavy atom. The van der Waals surface area contributed by atoms with Gasteiger partial charge < -0.3 is 10.5 Å². The number of aldehydes is 1. The van der Waals surface area contributed by atoms with E-state index >= 15 is 0 Å². The number of pyridine rings is 1. The van der Waals surface area contributed by atoms with E-state index in [4.69, 9.17) is 10.5 Å². The number of hydrogen-bond acceptors (Lipinski definition) is 5. The van der Waals surface area contributed by atoms with Crippen molar-refractivity contribution in [2.24, 2.45) is 0 Å². The van der Waals surface area contributed by atoms with Gasteiger partial charge in [-0.2, -0.15) is 0 Å². The van der Waals surface area contributed by atoms with Gasteiger partial charge in [0.05, 0.1) is 23.1 Å². The highest BCUT2D eigenvalue weighted by atomic mass is 79.9. The van der Waals surface area contributed by atoms with Crippen LogP contribution in [0.2, 0.25) is 0 Å². The molecule has 0 bridgehead atoms. The topological polar surface area (TPSA) is 85.5 Å². The van der Waals surface area contributed by atoms with Gasteiger partial charge in [0.15, 0.2) is 12.1 Å². The fourth-order valence-corrected chi connectivity index (χ4v) is 2.44. The summed E-state index contributed by atoms with van der Waals surface area (Å²) >= 11 is 3.29. The molecule has 0 saturated carbocycles. The molecule has 1 heterocycles. The molecule has 2 aromatic rings. The first-order valence-corrected chi connectivity index (χ1v) is 8.10. The molecule has 0 atom stereocenters. The summed E-state index contributed by atoms with van der Waals surface area (Å²) in [6, 6.07) is 5.83. The molecule has 0 unspecified atom stereocenters. The average Bonchev–Trinajstić information content (AvgIpc) is 2.49. The molecule has 0 saturated heterocycles. The van der Waals surface area contributed by atoms with Crippen LogP contribution in [0.3, 0.4) is 0 Å². The maximum Gasteiger partial charge on any atom is 0.420 e. The summed E-state index contributed by atoms with van der Waals surface area (Å²) in [6.45, 7) is 5.10. The fourth-order valence-electron chi connectivity index (χ4n) is 2.06. The third kappa shape index (κ3) is 4.54. The number of aromatic nitrogens is 1. The molecule has 0 aliphatic rings. The second kappa shape index (κ2) is 7.18. The largest absolute Gasteiger partial charge is 0.443 e. The molecule has 2 rings (SSSR count). The van der Waals surface area contributed by atoms with Crippen LogP contribution in [0.4, 0.5) is 26.4 Å². The number of nitrogens with zero attached hydrogens (tertiary/aromatic N) is 2. The van der Waals surface area contributed by atoms with E-state index in [1.165, 1.54) is 0 Å². The quantitative estimate of drug-likeness (QED) is 0.597. The highest BCUT2D eigenvalue weighted by Crippen LogP contribution is 2.34. The lowest BCUT2D eigenvalue weighted by molar-refractivity contribution is 0.0598. The number of carbonyl (C=O) groups is 2. The summed E-state index contributed by atoms with van der Waals surface area (Å²) in [5.74, 6) is -0.765. The molecule has 0 radical (unpaired) electrons. The Morgan fingerprint density at radius 3 is 2.60 bits per heavy atom. The number of benzene rings is 1. The summed E-state index contributed by atoms with van der Waals surface area (Å²) in [5, 5.41) is 0. The SMILES string of the molecule is CC(C)(C)OC(=O)N(c1ccc(Br)cc1N)c1ncc(F)cc1C=O. The first-order chi connectivity index (χ1) is 11.6. The van der Waals surface area contributed by atoms with E-state index < -0.39 is 17.5 Å². The van der Waals surface area contributed by atoms with Crippen molar-refractivity contribution in [2.45, 2.75) is 26.4 Å². The number of ether oxygens (including phenoxy) is 1. The monoisotopic (exact) mass is 409 g/mol. The summed E-state index contributed by atoms with van der Waals surface area (Å²) in [7, 11) is 0. The standard InChI is InChI=1S/C17H17BrFN3O3/c1-17(2,3)25-16(24)22(14-5-4-11(18)7-13(14)20)15-10(9-23)6-12(19)8-21-15/h4-9H,20H2,1-3H3. The third-order valence-corrected chi connectivity index (χ3v) is 3.50. The predicted molar refractivity (Wildman–Crippen MR) is 96.5 cm³/mol. The zero-order valence-corrected chi connectivity index (χ0v) is 15.5. The summed E-state index contributed by atoms with van der Waals surface area (Å²) in [6.07, 6.45) is 0.538. The molecule has 6 nitrogen and oxygen atoms in total. The van der Waals surface area contributed by atoms with Crippen molar-refractivity contribution in [1.29, 1.82) is 0 Å². The lowest BCUT2D eigenvalue weighted by Gasteiger charge is -2.28. The number of amides is 1. The first kappa shape index (κ1) is 18.9. The number of nitrogen functional groups attached to an aromatic ring is 1. The molecule has 0 aliphatic heterocycles. The van der Waals surface area contributed by atoms with E-state index in [1.54, 1.807) is 39.0 Å². The highest BCUT2D eigenvalue weighted by Gasteiger charge is 2.29. The fraction of sp³-hybridized carbons (Fsp3) is 0.235. The van der Waals surface area contributed by atoms with Gasteiger partial charge in [-0.05, 0) is 45.0 Å². The van der Waals surface area contributed by atoms with Gasteiger partial charge in [0.25, 0.3) is 0 Å². The summed E-state index contributed by atoms with van der Waals surface area (Å²) < 4.78 is 19.5. The normalized spacial score (nSPS) is 11.1. The molecule has 1 aromatic carbocycles. The van der Waals surface area contributed by atoms with E-state index in [0.717, 1.165) is 17.2 Å². The number of carbonyl (C=O) groups excluding carboxylic acids is 2. The molecular formula is C17H17BrFN3O3. The van der Waals surface area contributed by atoms with E-state index in [9.17, 15) is 14.0 Å². The van der Waals surface area contributed by atoms with Gasteiger partial charge in [-0.3, -0.25) is 4.79 Å². The molecule has 0 spiro atoms. The van der Waals surface area contributed by atoms with Gasteiger partial charge in [-0.25, -0.2) is 19.1 Å². The molecule has 2 N–H and O–H groups in total. The van der Waals surface area contributed by atoms with Crippen LogP contribution in [0.15, 0.2) is 34.9 Å². The van der Waals surface area contributed by atoms with Crippen LogP contribution in [-0.2, 0) is 4.74 Å². The van der Waals surface area contributed by atoms with Crippen LogP contribution in [-0.4, -0.2) is 23.0 Å². The number of halogens is 2. The van der Waals surface area contributed by atoms with Crippen LogP contribution in [0.5, 0.6) is 0 Å². The Hall–Kier alpha value is -2.48. The molecule has 1 aromatic heterocycles. The second-order valence-electron chi connectivity index (χ2n) is 6.20. The Labute approximate surface area is 152 Å². The van der Waals surface area contributed by atoms with Crippen molar-refractivity contribution in [3.63, 3.8) is 0 Å². The zero-order chi connectivity index (χ0) is 18.8. The molecule has 8 heteroatoms. The summed E-state index contributed by atoms with van der Waals surface area (Å²) in [5.41, 5.74) is 5.64. The minimum atomic E-state index is -0.791. The maximum atomic E-state index is 13.4. The van der Waals surface area contributed by atoms with Crippen LogP contribution in [0, 0.1) is 5.82 Å². The van der Waals surface area contributed by atoms with Gasteiger partial charge >= 0.3 is 6.09 Å². The zero-order valence-electron chi connectivity index (χ0n) is 13.9.